The van der Waals surface area contributed by atoms with Crippen molar-refractivity contribution in [1.82, 2.24) is 20.9 Å². The molecule has 0 fully saturated rings. The maximum absolute atomic E-state index is 12.6. The molecule has 2 aromatic carbocycles. The Morgan fingerprint density at radius 3 is 1.77 bits per heavy atom. The van der Waals surface area contributed by atoms with Crippen LogP contribution in [-0.2, 0) is 35.5 Å². The minimum absolute atomic E-state index is 0.0817. The first kappa shape index (κ1) is 27.4. The average molecular weight is 535 g/mol. The predicted octanol–water partition coefficient (Wildman–Crippen LogP) is 3.79. The molecule has 11 nitrogen and oxygen atoms in total. The van der Waals surface area contributed by atoms with Crippen molar-refractivity contribution in [2.24, 2.45) is 0 Å². The summed E-state index contributed by atoms with van der Waals surface area (Å²) in [6.07, 6.45) is 1.40. The average Bonchev–Trinajstić information content (AvgIpc) is 3.66. The van der Waals surface area contributed by atoms with Crippen LogP contribution in [0.25, 0.3) is 0 Å². The summed E-state index contributed by atoms with van der Waals surface area (Å²) in [5, 5.41) is 24.1. The van der Waals surface area contributed by atoms with Gasteiger partial charge in [0.25, 0.3) is 0 Å². The van der Waals surface area contributed by atoms with Crippen LogP contribution in [0.5, 0.6) is 0 Å². The first-order chi connectivity index (χ1) is 19.0. The van der Waals surface area contributed by atoms with Crippen LogP contribution in [-0.4, -0.2) is 45.8 Å². The molecular formula is C28H30N4O7. The summed E-state index contributed by atoms with van der Waals surface area (Å²) in [5.41, 5.74) is 1.88. The molecule has 2 amide bonds. The van der Waals surface area contributed by atoms with E-state index in [2.05, 4.69) is 20.9 Å². The molecule has 0 aliphatic heterocycles. The van der Waals surface area contributed by atoms with Gasteiger partial charge in [-0.3, -0.25) is 0 Å². The van der Waals surface area contributed by atoms with Crippen LogP contribution in [0, 0.1) is 0 Å². The number of alkyl carbamates (subject to hydrolysis) is 2. The Kier molecular flexibility index (Phi) is 10.1. The monoisotopic (exact) mass is 534 g/mol. The van der Waals surface area contributed by atoms with Crippen molar-refractivity contribution in [3.8, 4) is 0 Å². The maximum Gasteiger partial charge on any atom is 0.407 e. The number of carbonyl (C=O) groups excluding carboxylic acids is 2. The number of nitrogens with one attached hydrogen (secondary N) is 2. The van der Waals surface area contributed by atoms with Gasteiger partial charge in [0.1, 0.15) is 0 Å². The van der Waals surface area contributed by atoms with E-state index in [0.29, 0.717) is 24.4 Å². The molecule has 3 N–H and O–H groups in total. The largest absolute Gasteiger partial charge is 0.441 e. The Morgan fingerprint density at radius 1 is 0.744 bits per heavy atom. The van der Waals surface area contributed by atoms with Crippen molar-refractivity contribution >= 4 is 12.2 Å². The van der Waals surface area contributed by atoms with Gasteiger partial charge in [-0.05, 0) is 30.4 Å². The number of amides is 2. The van der Waals surface area contributed by atoms with Crippen molar-refractivity contribution in [2.75, 3.05) is 0 Å². The molecule has 0 aliphatic carbocycles. The highest BCUT2D eigenvalue weighted by Crippen LogP contribution is 2.15. The zero-order chi connectivity index (χ0) is 27.3. The van der Waals surface area contributed by atoms with Crippen LogP contribution in [0.1, 0.15) is 29.1 Å². The van der Waals surface area contributed by atoms with E-state index in [-0.39, 0.29) is 19.6 Å². The zero-order valence-electron chi connectivity index (χ0n) is 21.1. The summed E-state index contributed by atoms with van der Waals surface area (Å²) >= 11 is 0. The minimum Gasteiger partial charge on any atom is -0.441 e. The summed E-state index contributed by atoms with van der Waals surface area (Å²) < 4.78 is 20.4. The molecule has 0 radical (unpaired) electrons. The van der Waals surface area contributed by atoms with Gasteiger partial charge in [0.2, 0.25) is 0 Å². The number of aliphatic hydroxyl groups excluding tert-OH is 1. The fraction of sp³-hybridized carbons (Fsp3) is 0.286. The Balaban J connectivity index is 1.42. The van der Waals surface area contributed by atoms with Crippen molar-refractivity contribution in [3.63, 3.8) is 0 Å². The SMILES string of the molecule is O=C(N[C@@H](Cc1ccccc1)C[C@H](O)[C@H](Cc1ccccc1)NC(=O)OCc1ccno1)OCc1ccno1. The zero-order valence-corrected chi connectivity index (χ0v) is 21.1. The van der Waals surface area contributed by atoms with Gasteiger partial charge in [0.15, 0.2) is 24.7 Å². The Bertz CT molecular complexity index is 1250. The van der Waals surface area contributed by atoms with Gasteiger partial charge in [-0.1, -0.05) is 71.0 Å². The van der Waals surface area contributed by atoms with E-state index in [9.17, 15) is 14.7 Å². The van der Waals surface area contributed by atoms with E-state index in [4.69, 9.17) is 18.5 Å². The molecular weight excluding hydrogens is 504 g/mol. The fourth-order valence-corrected chi connectivity index (χ4v) is 4.01. The Morgan fingerprint density at radius 2 is 1.26 bits per heavy atom. The molecule has 11 heteroatoms. The van der Waals surface area contributed by atoms with Gasteiger partial charge in [-0.2, -0.15) is 0 Å². The van der Waals surface area contributed by atoms with Crippen molar-refractivity contribution in [2.45, 2.75) is 50.7 Å². The highest BCUT2D eigenvalue weighted by atomic mass is 16.6. The maximum atomic E-state index is 12.6. The molecule has 3 atom stereocenters. The van der Waals surface area contributed by atoms with Crippen molar-refractivity contribution < 1.29 is 33.2 Å². The highest BCUT2D eigenvalue weighted by Gasteiger charge is 2.27. The third kappa shape index (κ3) is 9.31. The fourth-order valence-electron chi connectivity index (χ4n) is 4.01. The lowest BCUT2D eigenvalue weighted by atomic mass is 9.94. The molecule has 0 unspecified atom stereocenters. The second kappa shape index (κ2) is 14.3. The van der Waals surface area contributed by atoms with Gasteiger partial charge in [0, 0.05) is 18.2 Å². The van der Waals surface area contributed by atoms with Gasteiger partial charge >= 0.3 is 12.2 Å². The molecule has 2 heterocycles. The van der Waals surface area contributed by atoms with Gasteiger partial charge in [0.05, 0.1) is 24.5 Å². The van der Waals surface area contributed by atoms with Gasteiger partial charge in [-0.15, -0.1) is 0 Å². The first-order valence-electron chi connectivity index (χ1n) is 12.5. The lowest BCUT2D eigenvalue weighted by Gasteiger charge is -2.28. The van der Waals surface area contributed by atoms with E-state index >= 15 is 0 Å². The summed E-state index contributed by atoms with van der Waals surface area (Å²) in [6, 6.07) is 21.0. The molecule has 4 rings (SSSR count). The number of aromatic nitrogens is 2. The van der Waals surface area contributed by atoms with E-state index in [1.807, 2.05) is 60.7 Å². The molecule has 0 saturated heterocycles. The highest BCUT2D eigenvalue weighted by molar-refractivity contribution is 5.68. The van der Waals surface area contributed by atoms with Crippen LogP contribution in [0.4, 0.5) is 9.59 Å². The molecule has 0 spiro atoms. The number of carbonyl (C=O) groups is 2. The number of ether oxygens (including phenoxy) is 2. The molecule has 0 aliphatic rings. The number of hydrogen-bond donors (Lipinski definition) is 3. The summed E-state index contributed by atoms with van der Waals surface area (Å²) in [7, 11) is 0. The van der Waals surface area contributed by atoms with E-state index < -0.39 is 30.4 Å². The molecule has 204 valence electrons. The van der Waals surface area contributed by atoms with Crippen LogP contribution in [0.15, 0.2) is 94.2 Å². The number of hydrogen-bond acceptors (Lipinski definition) is 9. The second-order valence-corrected chi connectivity index (χ2v) is 8.88. The molecule has 39 heavy (non-hydrogen) atoms. The van der Waals surface area contributed by atoms with Crippen molar-refractivity contribution in [3.05, 3.63) is 108 Å². The minimum atomic E-state index is -1.04. The number of rotatable bonds is 13. The van der Waals surface area contributed by atoms with Crippen molar-refractivity contribution in [1.29, 1.82) is 0 Å². The van der Waals surface area contributed by atoms with E-state index in [1.54, 1.807) is 12.1 Å². The van der Waals surface area contributed by atoms with Crippen LogP contribution in [0.3, 0.4) is 0 Å². The first-order valence-corrected chi connectivity index (χ1v) is 12.5. The van der Waals surface area contributed by atoms with Gasteiger partial charge in [-0.25, -0.2) is 9.59 Å². The predicted molar refractivity (Wildman–Crippen MR) is 138 cm³/mol. The third-order valence-corrected chi connectivity index (χ3v) is 5.91. The lowest BCUT2D eigenvalue weighted by molar-refractivity contribution is 0.0825. The number of aliphatic hydroxyl groups is 1. The van der Waals surface area contributed by atoms with E-state index in [0.717, 1.165) is 11.1 Å². The summed E-state index contributed by atoms with van der Waals surface area (Å²) in [4.78, 5) is 25.2. The quantitative estimate of drug-likeness (QED) is 0.233. The Hall–Kier alpha value is -4.64. The lowest BCUT2D eigenvalue weighted by Crippen LogP contribution is -2.48. The number of nitrogens with zero attached hydrogens (tertiary/aromatic N) is 2. The standard InChI is InChI=1S/C28H30N4O7/c33-26(25(16-21-9-5-2-6-10-21)32-28(35)37-19-24-12-14-30-39-24)17-22(15-20-7-3-1-4-8-20)31-27(34)36-18-23-11-13-29-38-23/h1-14,22,25-26,33H,15-19H2,(H,31,34)(H,32,35)/t22-,25-,26-/m0/s1. The molecule has 0 bridgehead atoms. The van der Waals surface area contributed by atoms with Crippen LogP contribution >= 0.6 is 0 Å². The van der Waals surface area contributed by atoms with E-state index in [1.165, 1.54) is 12.4 Å². The molecule has 0 saturated carbocycles. The smallest absolute Gasteiger partial charge is 0.407 e. The normalized spacial score (nSPS) is 13.2. The molecule has 2 aromatic heterocycles. The third-order valence-electron chi connectivity index (χ3n) is 5.91. The van der Waals surface area contributed by atoms with Gasteiger partial charge < -0.3 is 34.3 Å². The van der Waals surface area contributed by atoms with Crippen LogP contribution in [0.2, 0.25) is 0 Å². The molecule has 4 aromatic rings. The summed E-state index contributed by atoms with van der Waals surface area (Å²) in [5.74, 6) is 0.794. The van der Waals surface area contributed by atoms with Crippen LogP contribution < -0.4 is 10.6 Å². The summed E-state index contributed by atoms with van der Waals surface area (Å²) in [6.45, 7) is -0.184. The number of benzene rings is 2. The Labute approximate surface area is 225 Å². The topological polar surface area (TPSA) is 149 Å². The second-order valence-electron chi connectivity index (χ2n) is 8.88.